The molecule has 2 N–H and O–H groups in total. The van der Waals surface area contributed by atoms with Crippen molar-refractivity contribution in [1.82, 2.24) is 3.97 Å². The Balaban J connectivity index is 2.27. The van der Waals surface area contributed by atoms with Gasteiger partial charge in [-0.1, -0.05) is 36.4 Å². The molecule has 0 aliphatic heterocycles. The first-order valence-electron chi connectivity index (χ1n) is 6.32. The zero-order valence-corrected chi connectivity index (χ0v) is 12.6. The summed E-state index contributed by atoms with van der Waals surface area (Å²) in [4.78, 5) is 0.119. The second-order valence-electron chi connectivity index (χ2n) is 4.62. The summed E-state index contributed by atoms with van der Waals surface area (Å²) in [6.07, 6.45) is 1.54. The average molecular weight is 321 g/mol. The molecule has 0 fully saturated rings. The van der Waals surface area contributed by atoms with Gasteiger partial charge in [0, 0.05) is 17.1 Å². The van der Waals surface area contributed by atoms with E-state index in [0.29, 0.717) is 11.1 Å². The van der Waals surface area contributed by atoms with E-state index in [9.17, 15) is 8.42 Å². The third kappa shape index (κ3) is 2.33. The minimum Gasteiger partial charge on any atom is -0.312 e. The Morgan fingerprint density at radius 2 is 1.67 bits per heavy atom. The van der Waals surface area contributed by atoms with E-state index in [2.05, 4.69) is 0 Å². The van der Waals surface area contributed by atoms with Gasteiger partial charge in [-0.05, 0) is 18.2 Å². The molecule has 3 rings (SSSR count). The first-order chi connectivity index (χ1) is 10.0. The molecule has 21 heavy (non-hydrogen) atoms. The molecule has 0 bridgehead atoms. The molecule has 0 spiro atoms. The molecule has 6 heteroatoms. The van der Waals surface area contributed by atoms with Crippen molar-refractivity contribution < 1.29 is 8.42 Å². The smallest absolute Gasteiger partial charge is 0.268 e. The predicted molar refractivity (Wildman–Crippen MR) is 83.7 cm³/mol. The molecule has 1 atom stereocenters. The fourth-order valence-corrected chi connectivity index (χ4v) is 4.17. The van der Waals surface area contributed by atoms with Crippen LogP contribution in [-0.4, -0.2) is 12.4 Å². The van der Waals surface area contributed by atoms with Crippen LogP contribution in [0.25, 0.3) is 10.9 Å². The van der Waals surface area contributed by atoms with Crippen LogP contribution in [0.3, 0.4) is 0 Å². The quantitative estimate of drug-likeness (QED) is 0.596. The van der Waals surface area contributed by atoms with Crippen molar-refractivity contribution in [2.24, 2.45) is 5.73 Å². The van der Waals surface area contributed by atoms with Gasteiger partial charge >= 0.3 is 0 Å². The monoisotopic (exact) mass is 320 g/mol. The molecule has 1 unspecified atom stereocenters. The Bertz CT molecular complexity index is 901. The maximum Gasteiger partial charge on any atom is 0.268 e. The van der Waals surface area contributed by atoms with Gasteiger partial charge in [0.05, 0.1) is 10.4 Å². The number of rotatable bonds is 3. The van der Waals surface area contributed by atoms with Gasteiger partial charge in [0.2, 0.25) is 0 Å². The summed E-state index contributed by atoms with van der Waals surface area (Å²) in [7, 11) is -3.75. The maximum absolute atomic E-state index is 12.9. The van der Waals surface area contributed by atoms with Crippen molar-refractivity contribution in [2.45, 2.75) is 10.4 Å². The van der Waals surface area contributed by atoms with E-state index in [1.54, 1.807) is 36.4 Å². The van der Waals surface area contributed by atoms with Gasteiger partial charge in [-0.15, -0.1) is 11.6 Å². The van der Waals surface area contributed by atoms with Crippen LogP contribution in [0, 0.1) is 0 Å². The number of aromatic nitrogens is 1. The first kappa shape index (κ1) is 14.1. The van der Waals surface area contributed by atoms with Crippen LogP contribution in [0.5, 0.6) is 0 Å². The molecule has 0 aliphatic carbocycles. The number of alkyl halides is 1. The van der Waals surface area contributed by atoms with Gasteiger partial charge in [-0.2, -0.15) is 0 Å². The highest BCUT2D eigenvalue weighted by Crippen LogP contribution is 2.27. The minimum atomic E-state index is -3.75. The fourth-order valence-electron chi connectivity index (χ4n) is 2.32. The second-order valence-corrected chi connectivity index (χ2v) is 6.87. The van der Waals surface area contributed by atoms with E-state index in [4.69, 9.17) is 17.3 Å². The lowest BCUT2D eigenvalue weighted by atomic mass is 10.2. The van der Waals surface area contributed by atoms with Crippen LogP contribution < -0.4 is 5.73 Å². The summed E-state index contributed by atoms with van der Waals surface area (Å²) >= 11 is 5.90. The standard InChI is InChI=1S/C15H13ClN2O2S/c16-15(17)12-6-2-4-8-14(12)21(19,20)18-10-9-11-5-1-3-7-13(11)18/h1-10,15H,17H2. The van der Waals surface area contributed by atoms with Crippen molar-refractivity contribution in [3.05, 3.63) is 66.4 Å². The van der Waals surface area contributed by atoms with E-state index >= 15 is 0 Å². The van der Waals surface area contributed by atoms with Crippen LogP contribution in [0.4, 0.5) is 0 Å². The molecule has 0 radical (unpaired) electrons. The lowest BCUT2D eigenvalue weighted by Gasteiger charge is -2.13. The SMILES string of the molecule is NC(Cl)c1ccccc1S(=O)(=O)n1ccc2ccccc21. The van der Waals surface area contributed by atoms with Crippen molar-refractivity contribution in [2.75, 3.05) is 0 Å². The van der Waals surface area contributed by atoms with E-state index < -0.39 is 15.5 Å². The highest BCUT2D eigenvalue weighted by atomic mass is 35.5. The van der Waals surface area contributed by atoms with E-state index in [1.165, 1.54) is 16.2 Å². The molecule has 0 aliphatic rings. The largest absolute Gasteiger partial charge is 0.312 e. The zero-order valence-electron chi connectivity index (χ0n) is 11.0. The molecule has 1 heterocycles. The Kier molecular flexibility index (Phi) is 3.49. The number of fused-ring (bicyclic) bond motifs is 1. The molecular formula is C15H13ClN2O2S. The fraction of sp³-hybridized carbons (Fsp3) is 0.0667. The van der Waals surface area contributed by atoms with E-state index in [1.807, 2.05) is 12.1 Å². The van der Waals surface area contributed by atoms with Gasteiger partial charge in [-0.25, -0.2) is 12.4 Å². The van der Waals surface area contributed by atoms with Crippen LogP contribution in [0.15, 0.2) is 65.7 Å². The molecular weight excluding hydrogens is 308 g/mol. The molecule has 0 amide bonds. The Hall–Kier alpha value is -1.82. The highest BCUT2D eigenvalue weighted by Gasteiger charge is 2.23. The summed E-state index contributed by atoms with van der Waals surface area (Å²) in [5.41, 5.74) is 5.80. The predicted octanol–water partition coefficient (Wildman–Crippen LogP) is 3.07. The number of halogens is 1. The first-order valence-corrected chi connectivity index (χ1v) is 8.20. The third-order valence-electron chi connectivity index (χ3n) is 3.32. The summed E-state index contributed by atoms with van der Waals surface area (Å²) in [5.74, 6) is 0. The van der Waals surface area contributed by atoms with Gasteiger partial charge < -0.3 is 5.73 Å². The summed E-state index contributed by atoms with van der Waals surface area (Å²) in [6.45, 7) is 0. The zero-order chi connectivity index (χ0) is 15.0. The average Bonchev–Trinajstić information content (AvgIpc) is 2.92. The summed E-state index contributed by atoms with van der Waals surface area (Å²) < 4.78 is 27.0. The number of hydrogen-bond acceptors (Lipinski definition) is 3. The van der Waals surface area contributed by atoms with Crippen molar-refractivity contribution in [3.63, 3.8) is 0 Å². The third-order valence-corrected chi connectivity index (χ3v) is 5.32. The molecule has 2 aromatic carbocycles. The van der Waals surface area contributed by atoms with E-state index in [0.717, 1.165) is 5.39 Å². The molecule has 0 saturated heterocycles. The molecule has 1 aromatic heterocycles. The molecule has 4 nitrogen and oxygen atoms in total. The normalized spacial score (nSPS) is 13.4. The second kappa shape index (κ2) is 5.18. The van der Waals surface area contributed by atoms with Crippen LogP contribution in [0.1, 0.15) is 11.1 Å². The van der Waals surface area contributed by atoms with Gasteiger partial charge in [-0.3, -0.25) is 0 Å². The Morgan fingerprint density at radius 1 is 1.00 bits per heavy atom. The molecule has 3 aromatic rings. The van der Waals surface area contributed by atoms with E-state index in [-0.39, 0.29) is 4.90 Å². The number of benzene rings is 2. The minimum absolute atomic E-state index is 0.119. The number of para-hydroxylation sites is 1. The van der Waals surface area contributed by atoms with Gasteiger partial charge in [0.25, 0.3) is 10.0 Å². The summed E-state index contributed by atoms with van der Waals surface area (Å²) in [5, 5.41) is 0.855. The van der Waals surface area contributed by atoms with Gasteiger partial charge in [0.1, 0.15) is 5.50 Å². The van der Waals surface area contributed by atoms with Crippen LogP contribution in [0.2, 0.25) is 0 Å². The lowest BCUT2D eigenvalue weighted by molar-refractivity contribution is 0.587. The topological polar surface area (TPSA) is 65.1 Å². The van der Waals surface area contributed by atoms with Crippen molar-refractivity contribution >= 4 is 32.5 Å². The maximum atomic E-state index is 12.9. The Labute approximate surface area is 127 Å². The van der Waals surface area contributed by atoms with Crippen molar-refractivity contribution in [3.8, 4) is 0 Å². The van der Waals surface area contributed by atoms with Crippen LogP contribution in [-0.2, 0) is 10.0 Å². The lowest BCUT2D eigenvalue weighted by Crippen LogP contribution is -2.16. The summed E-state index contributed by atoms with van der Waals surface area (Å²) in [6, 6.07) is 15.5. The Morgan fingerprint density at radius 3 is 2.43 bits per heavy atom. The highest BCUT2D eigenvalue weighted by molar-refractivity contribution is 7.90. The number of nitrogens with zero attached hydrogens (tertiary/aromatic N) is 1. The molecule has 0 saturated carbocycles. The molecule has 108 valence electrons. The van der Waals surface area contributed by atoms with Gasteiger partial charge in [0.15, 0.2) is 0 Å². The number of nitrogens with two attached hydrogens (primary N) is 1. The van der Waals surface area contributed by atoms with Crippen LogP contribution >= 0.6 is 11.6 Å². The van der Waals surface area contributed by atoms with Crippen molar-refractivity contribution in [1.29, 1.82) is 0 Å². The number of hydrogen-bond donors (Lipinski definition) is 1.